The van der Waals surface area contributed by atoms with Gasteiger partial charge >= 0.3 is 0 Å². The maximum Gasteiger partial charge on any atom is 0.216 e. The molecule has 130 valence electrons. The van der Waals surface area contributed by atoms with E-state index in [-0.39, 0.29) is 11.9 Å². The predicted octanol–water partition coefficient (Wildman–Crippen LogP) is 2.75. The lowest BCUT2D eigenvalue weighted by atomic mass is 10.0. The molecule has 0 radical (unpaired) electrons. The van der Waals surface area contributed by atoms with Gasteiger partial charge in [0.25, 0.3) is 0 Å². The number of β-amino-alcohol motifs (C(OH)–C–C–N with tert-alkyl or cyclic N) is 1. The standard InChI is InChI=1S/C18H24FN3O2/c1-12-17(18(24-3)21(2)20-12)15-5-4-10-22(15)11-16(23)13-6-8-14(19)9-7-13/h6-9,15-16,23H,4-5,10-11H2,1-3H3. The Bertz CT molecular complexity index is 699. The van der Waals surface area contributed by atoms with Gasteiger partial charge in [0.05, 0.1) is 24.5 Å². The number of aromatic nitrogens is 2. The summed E-state index contributed by atoms with van der Waals surface area (Å²) in [5, 5.41) is 15.0. The first kappa shape index (κ1) is 16.9. The first-order chi connectivity index (χ1) is 11.5. The molecule has 2 atom stereocenters. The number of methoxy groups -OCH3 is 1. The molecule has 0 bridgehead atoms. The van der Waals surface area contributed by atoms with Crippen molar-refractivity contribution in [2.45, 2.75) is 31.9 Å². The molecule has 1 N–H and O–H groups in total. The highest BCUT2D eigenvalue weighted by Crippen LogP contribution is 2.39. The van der Waals surface area contributed by atoms with Crippen LogP contribution in [0.2, 0.25) is 0 Å². The molecule has 3 rings (SSSR count). The molecule has 2 unspecified atom stereocenters. The number of hydrogen-bond acceptors (Lipinski definition) is 4. The Morgan fingerprint density at radius 1 is 1.38 bits per heavy atom. The Balaban J connectivity index is 1.80. The third kappa shape index (κ3) is 3.16. The summed E-state index contributed by atoms with van der Waals surface area (Å²) in [7, 11) is 3.54. The number of halogens is 1. The molecule has 0 aliphatic carbocycles. The summed E-state index contributed by atoms with van der Waals surface area (Å²) >= 11 is 0. The molecule has 1 fully saturated rings. The number of aliphatic hydroxyl groups is 1. The van der Waals surface area contributed by atoms with Crippen LogP contribution in [0.5, 0.6) is 5.88 Å². The highest BCUT2D eigenvalue weighted by atomic mass is 19.1. The monoisotopic (exact) mass is 333 g/mol. The lowest BCUT2D eigenvalue weighted by Crippen LogP contribution is -2.29. The second-order valence-corrected chi connectivity index (χ2v) is 6.35. The van der Waals surface area contributed by atoms with Crippen molar-refractivity contribution in [3.63, 3.8) is 0 Å². The van der Waals surface area contributed by atoms with Crippen molar-refractivity contribution in [1.82, 2.24) is 14.7 Å². The molecular formula is C18H24FN3O2. The van der Waals surface area contributed by atoms with E-state index < -0.39 is 6.10 Å². The third-order valence-electron chi connectivity index (χ3n) is 4.77. The molecule has 1 aliphatic heterocycles. The van der Waals surface area contributed by atoms with Crippen molar-refractivity contribution in [3.05, 3.63) is 46.9 Å². The van der Waals surface area contributed by atoms with Crippen molar-refractivity contribution >= 4 is 0 Å². The van der Waals surface area contributed by atoms with E-state index in [2.05, 4.69) is 10.00 Å². The maximum atomic E-state index is 13.1. The van der Waals surface area contributed by atoms with Gasteiger partial charge in [0.1, 0.15) is 5.82 Å². The van der Waals surface area contributed by atoms with Gasteiger partial charge in [-0.3, -0.25) is 4.90 Å². The smallest absolute Gasteiger partial charge is 0.216 e. The first-order valence-corrected chi connectivity index (χ1v) is 8.26. The van der Waals surface area contributed by atoms with Crippen molar-refractivity contribution in [3.8, 4) is 5.88 Å². The van der Waals surface area contributed by atoms with Gasteiger partial charge in [0.2, 0.25) is 5.88 Å². The van der Waals surface area contributed by atoms with Crippen LogP contribution in [-0.2, 0) is 7.05 Å². The van der Waals surface area contributed by atoms with Crippen LogP contribution in [0.3, 0.4) is 0 Å². The van der Waals surface area contributed by atoms with E-state index in [0.29, 0.717) is 6.54 Å². The molecule has 5 nitrogen and oxygen atoms in total. The Morgan fingerprint density at radius 3 is 2.75 bits per heavy atom. The second kappa shape index (κ2) is 6.91. The number of nitrogens with zero attached hydrogens (tertiary/aromatic N) is 3. The van der Waals surface area contributed by atoms with Gasteiger partial charge in [-0.05, 0) is 44.0 Å². The summed E-state index contributed by atoms with van der Waals surface area (Å²) in [5.74, 6) is 0.487. The highest BCUT2D eigenvalue weighted by molar-refractivity contribution is 5.35. The van der Waals surface area contributed by atoms with Crippen LogP contribution in [0.1, 0.15) is 41.8 Å². The van der Waals surface area contributed by atoms with Crippen molar-refractivity contribution in [2.24, 2.45) is 7.05 Å². The SMILES string of the molecule is COc1c(C2CCCN2CC(O)c2ccc(F)cc2)c(C)nn1C. The normalized spacial score (nSPS) is 19.6. The topological polar surface area (TPSA) is 50.5 Å². The van der Waals surface area contributed by atoms with E-state index >= 15 is 0 Å². The van der Waals surface area contributed by atoms with Gasteiger partial charge < -0.3 is 9.84 Å². The van der Waals surface area contributed by atoms with Gasteiger partial charge in [0.15, 0.2) is 0 Å². The molecule has 2 heterocycles. The third-order valence-corrected chi connectivity index (χ3v) is 4.77. The molecule has 0 spiro atoms. The fourth-order valence-corrected chi connectivity index (χ4v) is 3.66. The van der Waals surface area contributed by atoms with Crippen LogP contribution >= 0.6 is 0 Å². The summed E-state index contributed by atoms with van der Waals surface area (Å²) < 4.78 is 20.3. The first-order valence-electron chi connectivity index (χ1n) is 8.26. The molecular weight excluding hydrogens is 309 g/mol. The van der Waals surface area contributed by atoms with E-state index in [1.165, 1.54) is 12.1 Å². The Morgan fingerprint density at radius 2 is 2.08 bits per heavy atom. The van der Waals surface area contributed by atoms with Crippen LogP contribution < -0.4 is 4.74 Å². The summed E-state index contributed by atoms with van der Waals surface area (Å²) in [6.07, 6.45) is 1.44. The maximum absolute atomic E-state index is 13.1. The van der Waals surface area contributed by atoms with Crippen LogP contribution in [0.25, 0.3) is 0 Å². The van der Waals surface area contributed by atoms with Crippen LogP contribution in [0, 0.1) is 12.7 Å². The molecule has 1 aromatic heterocycles. The van der Waals surface area contributed by atoms with E-state index in [4.69, 9.17) is 4.74 Å². The Labute approximate surface area is 141 Å². The number of ether oxygens (including phenoxy) is 1. The van der Waals surface area contributed by atoms with Gasteiger partial charge in [0, 0.05) is 19.6 Å². The summed E-state index contributed by atoms with van der Waals surface area (Å²) in [4.78, 5) is 2.26. The van der Waals surface area contributed by atoms with E-state index in [9.17, 15) is 9.50 Å². The predicted molar refractivity (Wildman–Crippen MR) is 89.4 cm³/mol. The zero-order chi connectivity index (χ0) is 17.3. The molecule has 0 amide bonds. The molecule has 1 aromatic carbocycles. The van der Waals surface area contributed by atoms with Crippen molar-refractivity contribution in [2.75, 3.05) is 20.2 Å². The average molecular weight is 333 g/mol. The fraction of sp³-hybridized carbons (Fsp3) is 0.500. The zero-order valence-corrected chi connectivity index (χ0v) is 14.4. The van der Waals surface area contributed by atoms with E-state index in [1.54, 1.807) is 23.9 Å². The highest BCUT2D eigenvalue weighted by Gasteiger charge is 2.33. The van der Waals surface area contributed by atoms with Gasteiger partial charge in [-0.15, -0.1) is 0 Å². The average Bonchev–Trinajstić information content (AvgIpc) is 3.10. The van der Waals surface area contributed by atoms with Crippen molar-refractivity contribution in [1.29, 1.82) is 0 Å². The summed E-state index contributed by atoms with van der Waals surface area (Å²) in [5.41, 5.74) is 2.79. The van der Waals surface area contributed by atoms with Crippen LogP contribution in [0.4, 0.5) is 4.39 Å². The Kier molecular flexibility index (Phi) is 4.87. The molecule has 1 aliphatic rings. The van der Waals surface area contributed by atoms with Crippen LogP contribution in [0.15, 0.2) is 24.3 Å². The van der Waals surface area contributed by atoms with Gasteiger partial charge in [-0.25, -0.2) is 9.07 Å². The molecule has 0 saturated carbocycles. The number of likely N-dealkylation sites (tertiary alicyclic amines) is 1. The summed E-state index contributed by atoms with van der Waals surface area (Å²) in [6.45, 7) is 3.42. The minimum Gasteiger partial charge on any atom is -0.481 e. The lowest BCUT2D eigenvalue weighted by Gasteiger charge is -2.27. The molecule has 24 heavy (non-hydrogen) atoms. The van der Waals surface area contributed by atoms with Crippen molar-refractivity contribution < 1.29 is 14.2 Å². The number of aliphatic hydroxyl groups excluding tert-OH is 1. The lowest BCUT2D eigenvalue weighted by molar-refractivity contribution is 0.105. The minimum absolute atomic E-state index is 0.184. The van der Waals surface area contributed by atoms with Gasteiger partial charge in [-0.1, -0.05) is 12.1 Å². The quantitative estimate of drug-likeness (QED) is 0.914. The number of hydrogen-bond donors (Lipinski definition) is 1. The number of aryl methyl sites for hydroxylation is 2. The summed E-state index contributed by atoms with van der Waals surface area (Å²) in [6, 6.07) is 6.23. The number of rotatable bonds is 5. The molecule has 2 aromatic rings. The fourth-order valence-electron chi connectivity index (χ4n) is 3.66. The molecule has 6 heteroatoms. The minimum atomic E-state index is -0.644. The van der Waals surface area contributed by atoms with E-state index in [0.717, 1.165) is 42.1 Å². The Hall–Kier alpha value is -1.92. The van der Waals surface area contributed by atoms with E-state index in [1.807, 2.05) is 14.0 Å². The second-order valence-electron chi connectivity index (χ2n) is 6.35. The van der Waals surface area contributed by atoms with Crippen LogP contribution in [-0.4, -0.2) is 40.0 Å². The molecule has 1 saturated heterocycles. The number of benzene rings is 1. The largest absolute Gasteiger partial charge is 0.481 e. The van der Waals surface area contributed by atoms with Gasteiger partial charge in [-0.2, -0.15) is 5.10 Å². The zero-order valence-electron chi connectivity index (χ0n) is 14.4.